The van der Waals surface area contributed by atoms with Crippen LogP contribution in [-0.4, -0.2) is 38.7 Å². The largest absolute Gasteiger partial charge is 0.369 e. The minimum Gasteiger partial charge on any atom is -0.369 e. The molecule has 0 spiro atoms. The molecule has 2 aromatic heterocycles. The molecule has 1 saturated heterocycles. The van der Waals surface area contributed by atoms with Gasteiger partial charge in [0.1, 0.15) is 0 Å². The minimum atomic E-state index is -0.209. The molecule has 7 heteroatoms. The first-order valence-electron chi connectivity index (χ1n) is 9.99. The average Bonchev–Trinajstić information content (AvgIpc) is 3.20. The molecule has 0 aliphatic carbocycles. The fourth-order valence-corrected chi connectivity index (χ4v) is 3.72. The lowest BCUT2D eigenvalue weighted by Gasteiger charge is -2.30. The summed E-state index contributed by atoms with van der Waals surface area (Å²) in [7, 11) is 0. The van der Waals surface area contributed by atoms with Crippen molar-refractivity contribution < 1.29 is 4.79 Å². The van der Waals surface area contributed by atoms with E-state index in [0.717, 1.165) is 67.5 Å². The lowest BCUT2D eigenvalue weighted by atomic mass is 9.96. The van der Waals surface area contributed by atoms with Crippen molar-refractivity contribution in [2.75, 3.05) is 18.0 Å². The molecular weight excluding hydrogens is 352 g/mol. The van der Waals surface area contributed by atoms with Gasteiger partial charge in [-0.15, -0.1) is 0 Å². The van der Waals surface area contributed by atoms with E-state index in [0.29, 0.717) is 5.95 Å². The average molecular weight is 378 g/mol. The van der Waals surface area contributed by atoms with Gasteiger partial charge in [-0.2, -0.15) is 5.10 Å². The van der Waals surface area contributed by atoms with Crippen LogP contribution in [0.4, 0.5) is 5.95 Å². The number of fused-ring (bicyclic) bond motifs is 1. The van der Waals surface area contributed by atoms with Gasteiger partial charge in [-0.1, -0.05) is 31.5 Å². The van der Waals surface area contributed by atoms with Crippen molar-refractivity contribution in [1.82, 2.24) is 19.7 Å². The Labute approximate surface area is 164 Å². The molecule has 1 aliphatic rings. The molecule has 3 heterocycles. The standard InChI is InChI=1S/C21H26N6O/c1-2-3-10-27-14-16(13-23-27)19-17-6-4-5-7-18(17)24-21(25-19)26-11-8-15(9-12-26)20(22)28/h4-7,13-15H,2-3,8-12H2,1H3,(H2,22,28). The maximum atomic E-state index is 11.5. The van der Waals surface area contributed by atoms with E-state index in [-0.39, 0.29) is 11.8 Å². The van der Waals surface area contributed by atoms with E-state index in [1.165, 1.54) is 0 Å². The molecule has 1 amide bonds. The summed E-state index contributed by atoms with van der Waals surface area (Å²) in [4.78, 5) is 23.3. The number of unbranched alkanes of at least 4 members (excludes halogenated alkanes) is 1. The van der Waals surface area contributed by atoms with Crippen LogP contribution in [0.1, 0.15) is 32.6 Å². The first-order chi connectivity index (χ1) is 13.7. The number of anilines is 1. The molecule has 0 bridgehead atoms. The highest BCUT2D eigenvalue weighted by atomic mass is 16.1. The SMILES string of the molecule is CCCCn1cc(-c2nc(N3CCC(C(N)=O)CC3)nc3ccccc23)cn1. The molecule has 0 unspecified atom stereocenters. The number of primary amides is 1. The number of carbonyl (C=O) groups is 1. The molecule has 2 N–H and O–H groups in total. The molecule has 4 rings (SSSR count). The zero-order chi connectivity index (χ0) is 19.5. The van der Waals surface area contributed by atoms with Gasteiger partial charge in [0.05, 0.1) is 17.4 Å². The number of para-hydroxylation sites is 1. The Kier molecular flexibility index (Phi) is 5.23. The molecule has 0 radical (unpaired) electrons. The fourth-order valence-electron chi connectivity index (χ4n) is 3.72. The third kappa shape index (κ3) is 3.69. The van der Waals surface area contributed by atoms with Crippen LogP contribution in [0.3, 0.4) is 0 Å². The Morgan fingerprint density at radius 2 is 2.00 bits per heavy atom. The summed E-state index contributed by atoms with van der Waals surface area (Å²) < 4.78 is 1.98. The van der Waals surface area contributed by atoms with Crippen LogP contribution in [0, 0.1) is 5.92 Å². The summed E-state index contributed by atoms with van der Waals surface area (Å²) in [5, 5.41) is 5.52. The Balaban J connectivity index is 1.68. The molecule has 0 atom stereocenters. The molecule has 7 nitrogen and oxygen atoms in total. The molecule has 1 fully saturated rings. The highest BCUT2D eigenvalue weighted by molar-refractivity contribution is 5.92. The van der Waals surface area contributed by atoms with E-state index in [9.17, 15) is 4.79 Å². The van der Waals surface area contributed by atoms with E-state index in [4.69, 9.17) is 15.7 Å². The monoisotopic (exact) mass is 378 g/mol. The number of piperidine rings is 1. The zero-order valence-electron chi connectivity index (χ0n) is 16.2. The maximum Gasteiger partial charge on any atom is 0.226 e. The van der Waals surface area contributed by atoms with E-state index in [2.05, 4.69) is 29.2 Å². The van der Waals surface area contributed by atoms with Crippen LogP contribution in [0.5, 0.6) is 0 Å². The molecule has 3 aromatic rings. The minimum absolute atomic E-state index is 0.0482. The smallest absolute Gasteiger partial charge is 0.226 e. The topological polar surface area (TPSA) is 89.9 Å². The summed E-state index contributed by atoms with van der Waals surface area (Å²) in [6, 6.07) is 8.07. The van der Waals surface area contributed by atoms with Crippen molar-refractivity contribution >= 4 is 22.8 Å². The Bertz CT molecular complexity index is 974. The summed E-state index contributed by atoms with van der Waals surface area (Å²) in [5.41, 5.74) is 8.29. The quantitative estimate of drug-likeness (QED) is 0.712. The number of hydrogen-bond acceptors (Lipinski definition) is 5. The predicted octanol–water partition coefficient (Wildman–Crippen LogP) is 3.00. The molecule has 1 aliphatic heterocycles. The van der Waals surface area contributed by atoms with E-state index < -0.39 is 0 Å². The van der Waals surface area contributed by atoms with Crippen LogP contribution in [-0.2, 0) is 11.3 Å². The van der Waals surface area contributed by atoms with Gasteiger partial charge in [0, 0.05) is 42.7 Å². The van der Waals surface area contributed by atoms with Crippen LogP contribution >= 0.6 is 0 Å². The highest BCUT2D eigenvalue weighted by Gasteiger charge is 2.25. The molecule has 0 saturated carbocycles. The lowest BCUT2D eigenvalue weighted by molar-refractivity contribution is -0.122. The molecule has 1 aromatic carbocycles. The van der Waals surface area contributed by atoms with Crippen molar-refractivity contribution in [2.24, 2.45) is 11.7 Å². The Morgan fingerprint density at radius 3 is 2.75 bits per heavy atom. The van der Waals surface area contributed by atoms with E-state index >= 15 is 0 Å². The number of rotatable bonds is 6. The van der Waals surface area contributed by atoms with E-state index in [1.807, 2.05) is 29.1 Å². The highest BCUT2D eigenvalue weighted by Crippen LogP contribution is 2.29. The maximum absolute atomic E-state index is 11.5. The van der Waals surface area contributed by atoms with Gasteiger partial charge >= 0.3 is 0 Å². The summed E-state index contributed by atoms with van der Waals surface area (Å²) in [6.07, 6.45) is 7.68. The van der Waals surface area contributed by atoms with Gasteiger partial charge in [0.25, 0.3) is 0 Å². The van der Waals surface area contributed by atoms with Gasteiger partial charge in [-0.3, -0.25) is 9.48 Å². The Hall–Kier alpha value is -2.96. The predicted molar refractivity (Wildman–Crippen MR) is 110 cm³/mol. The number of carbonyl (C=O) groups excluding carboxylic acids is 1. The first-order valence-corrected chi connectivity index (χ1v) is 9.99. The second kappa shape index (κ2) is 7.96. The summed E-state index contributed by atoms with van der Waals surface area (Å²) >= 11 is 0. The van der Waals surface area contributed by atoms with Gasteiger partial charge in [0.2, 0.25) is 11.9 Å². The lowest BCUT2D eigenvalue weighted by Crippen LogP contribution is -2.39. The first kappa shape index (κ1) is 18.4. The van der Waals surface area contributed by atoms with Gasteiger partial charge in [0.15, 0.2) is 0 Å². The van der Waals surface area contributed by atoms with E-state index in [1.54, 1.807) is 0 Å². The normalized spacial score (nSPS) is 15.2. The number of hydrogen-bond donors (Lipinski definition) is 1. The third-order valence-corrected chi connectivity index (χ3v) is 5.42. The summed E-state index contributed by atoms with van der Waals surface area (Å²) in [6.45, 7) is 4.56. The zero-order valence-corrected chi connectivity index (χ0v) is 16.2. The summed E-state index contributed by atoms with van der Waals surface area (Å²) in [5.74, 6) is 0.449. The van der Waals surface area contributed by atoms with Crippen molar-refractivity contribution in [2.45, 2.75) is 39.2 Å². The number of amides is 1. The molecule has 28 heavy (non-hydrogen) atoms. The van der Waals surface area contributed by atoms with Gasteiger partial charge in [-0.05, 0) is 25.3 Å². The van der Waals surface area contributed by atoms with Crippen LogP contribution in [0.25, 0.3) is 22.2 Å². The van der Waals surface area contributed by atoms with Crippen molar-refractivity contribution in [1.29, 1.82) is 0 Å². The number of benzene rings is 1. The second-order valence-electron chi connectivity index (χ2n) is 7.40. The fraction of sp³-hybridized carbons (Fsp3) is 0.429. The number of nitrogens with zero attached hydrogens (tertiary/aromatic N) is 5. The van der Waals surface area contributed by atoms with Gasteiger partial charge < -0.3 is 10.6 Å². The third-order valence-electron chi connectivity index (χ3n) is 5.42. The second-order valence-corrected chi connectivity index (χ2v) is 7.40. The van der Waals surface area contributed by atoms with Gasteiger partial charge in [-0.25, -0.2) is 9.97 Å². The van der Waals surface area contributed by atoms with Crippen LogP contribution < -0.4 is 10.6 Å². The van der Waals surface area contributed by atoms with Crippen LogP contribution in [0.2, 0.25) is 0 Å². The van der Waals surface area contributed by atoms with Crippen molar-refractivity contribution in [3.8, 4) is 11.3 Å². The molecule has 146 valence electrons. The van der Waals surface area contributed by atoms with Crippen LogP contribution in [0.15, 0.2) is 36.7 Å². The Morgan fingerprint density at radius 1 is 1.21 bits per heavy atom. The molecular formula is C21H26N6O. The number of aromatic nitrogens is 4. The number of nitrogens with two attached hydrogens (primary N) is 1. The number of aryl methyl sites for hydroxylation is 1. The van der Waals surface area contributed by atoms with Crippen molar-refractivity contribution in [3.05, 3.63) is 36.7 Å². The van der Waals surface area contributed by atoms with Crippen molar-refractivity contribution in [3.63, 3.8) is 0 Å².